The highest BCUT2D eigenvalue weighted by molar-refractivity contribution is 5.96. The molecule has 5 rings (SSSR count). The van der Waals surface area contributed by atoms with Gasteiger partial charge in [0.2, 0.25) is 0 Å². The van der Waals surface area contributed by atoms with E-state index >= 15 is 0 Å². The number of nitrogens with zero attached hydrogens (tertiary/aromatic N) is 5. The van der Waals surface area contributed by atoms with Crippen molar-refractivity contribution in [3.63, 3.8) is 0 Å². The van der Waals surface area contributed by atoms with Gasteiger partial charge in [-0.3, -0.25) is 9.78 Å². The van der Waals surface area contributed by atoms with Crippen molar-refractivity contribution in [2.75, 3.05) is 6.54 Å². The average molecular weight is 387 g/mol. The smallest absolute Gasteiger partial charge is 0.349 e. The summed E-state index contributed by atoms with van der Waals surface area (Å²) in [6, 6.07) is 14.3. The molecule has 0 N–H and O–H groups in total. The van der Waals surface area contributed by atoms with E-state index in [0.29, 0.717) is 29.2 Å². The molecule has 0 aliphatic carbocycles. The van der Waals surface area contributed by atoms with E-state index in [1.54, 1.807) is 29.3 Å². The largest absolute Gasteiger partial charge is 0.422 e. The van der Waals surface area contributed by atoms with Crippen molar-refractivity contribution >= 4 is 16.9 Å². The highest BCUT2D eigenvalue weighted by atomic mass is 16.4. The average Bonchev–Trinajstić information content (AvgIpc) is 3.18. The number of fused-ring (bicyclic) bond motifs is 2. The summed E-state index contributed by atoms with van der Waals surface area (Å²) in [5.41, 5.74) is 0.574. The molecule has 0 bridgehead atoms. The molecule has 1 aliphatic heterocycles. The fraction of sp³-hybridized carbons (Fsp3) is 0.190. The summed E-state index contributed by atoms with van der Waals surface area (Å²) < 4.78 is 7.31. The third-order valence-electron chi connectivity index (χ3n) is 5.08. The first-order chi connectivity index (χ1) is 14.1. The number of benzene rings is 1. The summed E-state index contributed by atoms with van der Waals surface area (Å²) in [6.07, 6.45) is 1.71. The van der Waals surface area contributed by atoms with Crippen molar-refractivity contribution < 1.29 is 9.21 Å². The molecule has 0 saturated heterocycles. The number of para-hydroxylation sites is 1. The van der Waals surface area contributed by atoms with Gasteiger partial charge in [-0.25, -0.2) is 4.79 Å². The molecule has 8 heteroatoms. The van der Waals surface area contributed by atoms with Crippen LogP contribution in [0, 0.1) is 0 Å². The molecule has 4 aromatic rings. The standard InChI is InChI=1S/C21H17N5O3/c1-13-11-25(12-18-23-24-19(26(13)18)16-7-4-5-9-22-16)20(27)15-10-14-6-2-3-8-17(14)29-21(15)28/h2-10,13H,11-12H2,1H3/t13-/m0/s1. The summed E-state index contributed by atoms with van der Waals surface area (Å²) in [5.74, 6) is 0.957. The van der Waals surface area contributed by atoms with Gasteiger partial charge in [0.1, 0.15) is 16.8 Å². The van der Waals surface area contributed by atoms with Crippen LogP contribution in [-0.4, -0.2) is 37.1 Å². The molecule has 144 valence electrons. The molecule has 1 atom stereocenters. The lowest BCUT2D eigenvalue weighted by Crippen LogP contribution is -2.42. The van der Waals surface area contributed by atoms with Crippen LogP contribution in [0.15, 0.2) is 63.9 Å². The summed E-state index contributed by atoms with van der Waals surface area (Å²) in [5, 5.41) is 9.24. The molecule has 1 aliphatic rings. The molecule has 0 radical (unpaired) electrons. The predicted molar refractivity (Wildman–Crippen MR) is 105 cm³/mol. The Balaban J connectivity index is 1.49. The van der Waals surface area contributed by atoms with Gasteiger partial charge in [-0.15, -0.1) is 10.2 Å². The molecular weight excluding hydrogens is 370 g/mol. The molecule has 0 spiro atoms. The minimum Gasteiger partial charge on any atom is -0.422 e. The highest BCUT2D eigenvalue weighted by Crippen LogP contribution is 2.27. The van der Waals surface area contributed by atoms with Crippen molar-refractivity contribution in [2.45, 2.75) is 19.5 Å². The lowest BCUT2D eigenvalue weighted by molar-refractivity contribution is 0.0678. The number of amides is 1. The van der Waals surface area contributed by atoms with Gasteiger partial charge in [0.05, 0.1) is 12.6 Å². The van der Waals surface area contributed by atoms with Crippen molar-refractivity contribution in [1.29, 1.82) is 0 Å². The zero-order valence-electron chi connectivity index (χ0n) is 15.6. The van der Waals surface area contributed by atoms with Crippen LogP contribution in [0.25, 0.3) is 22.5 Å². The number of aromatic nitrogens is 4. The highest BCUT2D eigenvalue weighted by Gasteiger charge is 2.31. The zero-order valence-corrected chi connectivity index (χ0v) is 15.6. The molecule has 0 unspecified atom stereocenters. The van der Waals surface area contributed by atoms with E-state index in [0.717, 1.165) is 5.69 Å². The second kappa shape index (κ2) is 6.66. The second-order valence-corrected chi connectivity index (χ2v) is 7.04. The monoisotopic (exact) mass is 387 g/mol. The van der Waals surface area contributed by atoms with Crippen LogP contribution in [0.4, 0.5) is 0 Å². The first-order valence-corrected chi connectivity index (χ1v) is 9.29. The summed E-state index contributed by atoms with van der Waals surface area (Å²) in [6.45, 7) is 2.67. The van der Waals surface area contributed by atoms with Crippen LogP contribution in [0.2, 0.25) is 0 Å². The second-order valence-electron chi connectivity index (χ2n) is 7.04. The maximum absolute atomic E-state index is 13.1. The van der Waals surface area contributed by atoms with E-state index in [-0.39, 0.29) is 24.1 Å². The summed E-state index contributed by atoms with van der Waals surface area (Å²) in [4.78, 5) is 31.4. The van der Waals surface area contributed by atoms with E-state index in [9.17, 15) is 9.59 Å². The van der Waals surface area contributed by atoms with Gasteiger partial charge in [0.25, 0.3) is 5.91 Å². The van der Waals surface area contributed by atoms with Crippen molar-refractivity contribution in [3.8, 4) is 11.5 Å². The Morgan fingerprint density at radius 1 is 1.14 bits per heavy atom. The minimum absolute atomic E-state index is 0.0221. The van der Waals surface area contributed by atoms with E-state index in [2.05, 4.69) is 15.2 Å². The zero-order chi connectivity index (χ0) is 20.0. The Labute approximate surface area is 165 Å². The van der Waals surface area contributed by atoms with E-state index < -0.39 is 5.63 Å². The number of carbonyl (C=O) groups is 1. The molecule has 29 heavy (non-hydrogen) atoms. The molecule has 4 heterocycles. The van der Waals surface area contributed by atoms with Gasteiger partial charge in [-0.05, 0) is 31.2 Å². The third kappa shape index (κ3) is 2.89. The Morgan fingerprint density at radius 3 is 2.79 bits per heavy atom. The van der Waals surface area contributed by atoms with Gasteiger partial charge in [-0.1, -0.05) is 24.3 Å². The van der Waals surface area contributed by atoms with Gasteiger partial charge >= 0.3 is 5.63 Å². The van der Waals surface area contributed by atoms with Crippen LogP contribution in [-0.2, 0) is 6.54 Å². The summed E-state index contributed by atoms with van der Waals surface area (Å²) in [7, 11) is 0. The van der Waals surface area contributed by atoms with Crippen molar-refractivity contribution in [1.82, 2.24) is 24.6 Å². The van der Waals surface area contributed by atoms with Crippen LogP contribution < -0.4 is 5.63 Å². The van der Waals surface area contributed by atoms with Crippen molar-refractivity contribution in [3.05, 3.63) is 76.5 Å². The number of hydrogen-bond acceptors (Lipinski definition) is 6. The van der Waals surface area contributed by atoms with Crippen LogP contribution >= 0.6 is 0 Å². The van der Waals surface area contributed by atoms with Crippen LogP contribution in [0.3, 0.4) is 0 Å². The first-order valence-electron chi connectivity index (χ1n) is 9.29. The van der Waals surface area contributed by atoms with E-state index in [1.165, 1.54) is 0 Å². The Bertz CT molecular complexity index is 1280. The number of rotatable bonds is 2. The van der Waals surface area contributed by atoms with Gasteiger partial charge in [0, 0.05) is 18.1 Å². The maximum atomic E-state index is 13.1. The van der Waals surface area contributed by atoms with Gasteiger partial charge in [-0.2, -0.15) is 0 Å². The Kier molecular flexibility index (Phi) is 3.97. The normalized spacial score (nSPS) is 16.0. The number of hydrogen-bond donors (Lipinski definition) is 0. The quantitative estimate of drug-likeness (QED) is 0.491. The topological polar surface area (TPSA) is 94.1 Å². The maximum Gasteiger partial charge on any atom is 0.349 e. The Morgan fingerprint density at radius 2 is 1.97 bits per heavy atom. The van der Waals surface area contributed by atoms with Gasteiger partial charge < -0.3 is 13.9 Å². The molecule has 8 nitrogen and oxygen atoms in total. The first kappa shape index (κ1) is 17.3. The van der Waals surface area contributed by atoms with Gasteiger partial charge in [0.15, 0.2) is 11.6 Å². The minimum atomic E-state index is -0.637. The lowest BCUT2D eigenvalue weighted by atomic mass is 10.1. The van der Waals surface area contributed by atoms with Crippen LogP contribution in [0.1, 0.15) is 29.1 Å². The number of pyridine rings is 1. The fourth-order valence-corrected chi connectivity index (χ4v) is 3.74. The fourth-order valence-electron chi connectivity index (χ4n) is 3.74. The molecule has 3 aromatic heterocycles. The van der Waals surface area contributed by atoms with E-state index in [1.807, 2.05) is 41.8 Å². The summed E-state index contributed by atoms with van der Waals surface area (Å²) >= 11 is 0. The SMILES string of the molecule is C[C@H]1CN(C(=O)c2cc3ccccc3oc2=O)Cc2nnc(-c3ccccn3)n21. The molecule has 1 aromatic carbocycles. The predicted octanol–water partition coefficient (Wildman–Crippen LogP) is 2.66. The molecule has 1 amide bonds. The van der Waals surface area contributed by atoms with Crippen LogP contribution in [0.5, 0.6) is 0 Å². The number of carbonyl (C=O) groups excluding carboxylic acids is 1. The molecular formula is C21H17N5O3. The van der Waals surface area contributed by atoms with E-state index in [4.69, 9.17) is 4.42 Å². The molecule has 0 saturated carbocycles. The lowest BCUT2D eigenvalue weighted by Gasteiger charge is -2.32. The Hall–Kier alpha value is -3.81. The van der Waals surface area contributed by atoms with Crippen molar-refractivity contribution in [2.24, 2.45) is 0 Å². The molecule has 0 fully saturated rings. The third-order valence-corrected chi connectivity index (χ3v) is 5.08.